The third-order valence-electron chi connectivity index (χ3n) is 5.05. The van der Waals surface area contributed by atoms with Gasteiger partial charge >= 0.3 is 6.18 Å². The van der Waals surface area contributed by atoms with Gasteiger partial charge in [-0.1, -0.05) is 11.6 Å². The minimum atomic E-state index is -4.49. The number of hydrogen-bond donors (Lipinski definition) is 1. The van der Waals surface area contributed by atoms with Gasteiger partial charge in [0.1, 0.15) is 5.82 Å². The predicted octanol–water partition coefficient (Wildman–Crippen LogP) is 4.55. The first-order valence-electron chi connectivity index (χ1n) is 9.30. The summed E-state index contributed by atoms with van der Waals surface area (Å²) >= 11 is 6.03. The zero-order valence-electron chi connectivity index (χ0n) is 15.7. The summed E-state index contributed by atoms with van der Waals surface area (Å²) < 4.78 is 38.3. The number of alkyl halides is 3. The van der Waals surface area contributed by atoms with Gasteiger partial charge in [-0.15, -0.1) is 0 Å². The Morgan fingerprint density at radius 1 is 1.07 bits per heavy atom. The lowest BCUT2D eigenvalue weighted by Crippen LogP contribution is -2.38. The van der Waals surface area contributed by atoms with Gasteiger partial charge in [0.15, 0.2) is 0 Å². The molecular weight excluding hydrogens is 419 g/mol. The topological polar surface area (TPSA) is 71.0 Å². The number of nitrogens with zero attached hydrogens (tertiary/aromatic N) is 4. The van der Waals surface area contributed by atoms with Crippen LogP contribution in [0.3, 0.4) is 0 Å². The summed E-state index contributed by atoms with van der Waals surface area (Å²) in [7, 11) is 0. The second kappa shape index (κ2) is 8.06. The van der Waals surface area contributed by atoms with E-state index in [1.807, 2.05) is 0 Å². The van der Waals surface area contributed by atoms with E-state index in [4.69, 9.17) is 11.6 Å². The molecule has 3 aromatic rings. The number of halogens is 4. The molecule has 1 aliphatic heterocycles. The fourth-order valence-corrected chi connectivity index (χ4v) is 3.74. The van der Waals surface area contributed by atoms with Crippen LogP contribution < -0.4 is 10.2 Å². The lowest BCUT2D eigenvalue weighted by Gasteiger charge is -2.32. The van der Waals surface area contributed by atoms with E-state index in [0.717, 1.165) is 17.8 Å². The van der Waals surface area contributed by atoms with Crippen molar-refractivity contribution in [3.63, 3.8) is 0 Å². The number of carbonyl (C=O) groups is 1. The number of aromatic nitrogens is 3. The molecule has 1 aliphatic rings. The van der Waals surface area contributed by atoms with Crippen LogP contribution in [-0.4, -0.2) is 33.9 Å². The third kappa shape index (κ3) is 4.30. The molecule has 0 radical (unpaired) electrons. The highest BCUT2D eigenvalue weighted by molar-refractivity contribution is 6.33. The first-order chi connectivity index (χ1) is 14.3. The third-order valence-corrected chi connectivity index (χ3v) is 5.33. The Morgan fingerprint density at radius 3 is 2.43 bits per heavy atom. The van der Waals surface area contributed by atoms with E-state index in [0.29, 0.717) is 43.0 Å². The lowest BCUT2D eigenvalue weighted by molar-refractivity contribution is -0.137. The molecule has 1 amide bonds. The first kappa shape index (κ1) is 20.3. The number of nitrogens with one attached hydrogen (secondary N) is 1. The fraction of sp³-hybridized carbons (Fsp3) is 0.300. The summed E-state index contributed by atoms with van der Waals surface area (Å²) in [5, 5.41) is 2.85. The minimum absolute atomic E-state index is 0.0509. The van der Waals surface area contributed by atoms with Gasteiger partial charge in [-0.2, -0.15) is 13.2 Å². The molecule has 0 saturated carbocycles. The van der Waals surface area contributed by atoms with E-state index >= 15 is 0 Å². The molecule has 30 heavy (non-hydrogen) atoms. The average molecular weight is 436 g/mol. The van der Waals surface area contributed by atoms with Crippen LogP contribution >= 0.6 is 11.6 Å². The molecule has 2 aromatic heterocycles. The van der Waals surface area contributed by atoms with Crippen LogP contribution in [0.2, 0.25) is 5.02 Å². The molecule has 0 aliphatic carbocycles. The molecule has 0 unspecified atom stereocenters. The van der Waals surface area contributed by atoms with E-state index in [9.17, 15) is 18.0 Å². The van der Waals surface area contributed by atoms with E-state index < -0.39 is 11.7 Å². The number of piperidine rings is 1. The van der Waals surface area contributed by atoms with E-state index in [1.54, 1.807) is 35.5 Å². The van der Waals surface area contributed by atoms with Crippen LogP contribution in [0, 0.1) is 5.92 Å². The Balaban J connectivity index is 1.38. The second-order valence-electron chi connectivity index (χ2n) is 7.04. The number of rotatable bonds is 3. The molecule has 0 spiro atoms. The van der Waals surface area contributed by atoms with Gasteiger partial charge in [0.05, 0.1) is 21.6 Å². The average Bonchev–Trinajstić information content (AvgIpc) is 2.73. The normalized spacial score (nSPS) is 15.4. The zero-order valence-corrected chi connectivity index (χ0v) is 16.4. The Morgan fingerprint density at radius 2 is 1.77 bits per heavy atom. The summed E-state index contributed by atoms with van der Waals surface area (Å²) in [5.74, 6) is -0.0203. The molecule has 1 fully saturated rings. The van der Waals surface area contributed by atoms with Crippen molar-refractivity contribution in [3.8, 4) is 0 Å². The quantitative estimate of drug-likeness (QED) is 0.653. The number of fused-ring (bicyclic) bond motifs is 1. The number of benzene rings is 1. The predicted molar refractivity (Wildman–Crippen MR) is 107 cm³/mol. The van der Waals surface area contributed by atoms with Crippen molar-refractivity contribution < 1.29 is 18.0 Å². The monoisotopic (exact) mass is 435 g/mol. The summed E-state index contributed by atoms with van der Waals surface area (Å²) in [6, 6.07) is 6.21. The smallest absolute Gasteiger partial charge is 0.355 e. The van der Waals surface area contributed by atoms with Gasteiger partial charge in [-0.05, 0) is 37.1 Å². The van der Waals surface area contributed by atoms with Crippen molar-refractivity contribution in [3.05, 3.63) is 53.4 Å². The highest BCUT2D eigenvalue weighted by Crippen LogP contribution is 2.34. The molecule has 1 saturated heterocycles. The molecular formula is C20H17ClF3N5O. The van der Waals surface area contributed by atoms with Crippen LogP contribution in [0.15, 0.2) is 42.9 Å². The Hall–Kier alpha value is -2.94. The van der Waals surface area contributed by atoms with Crippen molar-refractivity contribution in [1.29, 1.82) is 0 Å². The molecule has 3 heterocycles. The summed E-state index contributed by atoms with van der Waals surface area (Å²) in [6.45, 7) is 0.943. The molecule has 0 bridgehead atoms. The zero-order chi connectivity index (χ0) is 21.3. The van der Waals surface area contributed by atoms with E-state index in [-0.39, 0.29) is 16.8 Å². The summed E-state index contributed by atoms with van der Waals surface area (Å²) in [4.78, 5) is 26.8. The Bertz CT molecular complexity index is 1080. The SMILES string of the molecule is O=C(Nc1ccc2nccnc2c1)C1CCN(c2ncc(C(F)(F)F)cc2Cl)CC1. The highest BCUT2D eigenvalue weighted by atomic mass is 35.5. The van der Waals surface area contributed by atoms with Crippen molar-refractivity contribution in [2.24, 2.45) is 5.92 Å². The van der Waals surface area contributed by atoms with Crippen LogP contribution in [0.25, 0.3) is 11.0 Å². The summed E-state index contributed by atoms with van der Waals surface area (Å²) in [5.41, 5.74) is 1.19. The maximum Gasteiger partial charge on any atom is 0.417 e. The summed E-state index contributed by atoms with van der Waals surface area (Å²) in [6.07, 6.45) is 0.559. The number of pyridine rings is 1. The maximum absolute atomic E-state index is 12.8. The van der Waals surface area contributed by atoms with Gasteiger partial charge in [-0.25, -0.2) is 4.98 Å². The number of hydrogen-bond acceptors (Lipinski definition) is 5. The van der Waals surface area contributed by atoms with Crippen molar-refractivity contribution in [2.45, 2.75) is 19.0 Å². The van der Waals surface area contributed by atoms with Gasteiger partial charge < -0.3 is 10.2 Å². The molecule has 10 heteroatoms. The second-order valence-corrected chi connectivity index (χ2v) is 7.44. The largest absolute Gasteiger partial charge is 0.417 e. The van der Waals surface area contributed by atoms with Crippen LogP contribution in [0.1, 0.15) is 18.4 Å². The lowest BCUT2D eigenvalue weighted by atomic mass is 9.95. The van der Waals surface area contributed by atoms with Crippen molar-refractivity contribution in [1.82, 2.24) is 15.0 Å². The standard InChI is InChI=1S/C20H17ClF3N5O/c21-15-9-13(20(22,23)24)11-27-18(15)29-7-3-12(4-8-29)19(30)28-14-1-2-16-17(10-14)26-6-5-25-16/h1-2,5-6,9-12H,3-4,7-8H2,(H,28,30). The van der Waals surface area contributed by atoms with Gasteiger partial charge in [0.25, 0.3) is 0 Å². The van der Waals surface area contributed by atoms with Crippen molar-refractivity contribution in [2.75, 3.05) is 23.3 Å². The fourth-order valence-electron chi connectivity index (χ4n) is 3.46. The number of carbonyl (C=O) groups excluding carboxylic acids is 1. The molecule has 4 rings (SSSR count). The van der Waals surface area contributed by atoms with Crippen molar-refractivity contribution >= 4 is 40.0 Å². The molecule has 1 aromatic carbocycles. The minimum Gasteiger partial charge on any atom is -0.355 e. The molecule has 0 atom stereocenters. The maximum atomic E-state index is 12.8. The molecule has 1 N–H and O–H groups in total. The molecule has 156 valence electrons. The molecule has 6 nitrogen and oxygen atoms in total. The number of amides is 1. The van der Waals surface area contributed by atoms with Crippen LogP contribution in [-0.2, 0) is 11.0 Å². The van der Waals surface area contributed by atoms with Crippen LogP contribution in [0.4, 0.5) is 24.7 Å². The Labute approximate surface area is 175 Å². The first-order valence-corrected chi connectivity index (χ1v) is 9.68. The van der Waals surface area contributed by atoms with E-state index in [2.05, 4.69) is 20.3 Å². The van der Waals surface area contributed by atoms with Gasteiger partial charge in [0, 0.05) is 43.3 Å². The number of anilines is 2. The highest BCUT2D eigenvalue weighted by Gasteiger charge is 2.33. The van der Waals surface area contributed by atoms with Crippen LogP contribution in [0.5, 0.6) is 0 Å². The van der Waals surface area contributed by atoms with E-state index in [1.165, 1.54) is 0 Å². The Kier molecular flexibility index (Phi) is 5.46. The van der Waals surface area contributed by atoms with Gasteiger partial charge in [0.2, 0.25) is 5.91 Å². The van der Waals surface area contributed by atoms with Gasteiger partial charge in [-0.3, -0.25) is 14.8 Å².